The zero-order valence-electron chi connectivity index (χ0n) is 15.2. The molecule has 0 unspecified atom stereocenters. The summed E-state index contributed by atoms with van der Waals surface area (Å²) in [5, 5.41) is 0. The fourth-order valence-corrected chi connectivity index (χ4v) is 2.69. The summed E-state index contributed by atoms with van der Waals surface area (Å²) < 4.78 is 6.22. The van der Waals surface area contributed by atoms with Gasteiger partial charge in [-0.25, -0.2) is 0 Å². The van der Waals surface area contributed by atoms with Crippen molar-refractivity contribution in [2.45, 2.75) is 58.4 Å². The molecule has 0 amide bonds. The maximum Gasteiger partial charge on any atom is 0.305 e. The van der Waals surface area contributed by atoms with E-state index < -0.39 is 0 Å². The Hall–Kier alpha value is -1.35. The van der Waals surface area contributed by atoms with E-state index >= 15 is 0 Å². The van der Waals surface area contributed by atoms with E-state index in [1.165, 1.54) is 31.2 Å². The third-order valence-corrected chi connectivity index (χ3v) is 4.15. The Morgan fingerprint density at radius 2 is 1.65 bits per heavy atom. The van der Waals surface area contributed by atoms with Crippen molar-refractivity contribution < 1.29 is 14.0 Å². The van der Waals surface area contributed by atoms with Crippen LogP contribution in [-0.2, 0) is 16.1 Å². The first kappa shape index (κ1) is 19.7. The number of hydrogen-bond donors (Lipinski definition) is 0. The molecule has 0 aromatic heterocycles. The summed E-state index contributed by atoms with van der Waals surface area (Å²) in [6.07, 6.45) is 7.77. The first-order valence-corrected chi connectivity index (χ1v) is 9.05. The summed E-state index contributed by atoms with van der Waals surface area (Å²) in [6.45, 7) is 4.52. The molecule has 23 heavy (non-hydrogen) atoms. The molecule has 0 saturated heterocycles. The maximum atomic E-state index is 11.7. The first-order valence-electron chi connectivity index (χ1n) is 9.05. The topological polar surface area (TPSA) is 26.3 Å². The number of rotatable bonds is 12. The highest BCUT2D eigenvalue weighted by molar-refractivity contribution is 5.69. The lowest BCUT2D eigenvalue weighted by Gasteiger charge is -2.29. The third-order valence-electron chi connectivity index (χ3n) is 4.15. The number of quaternary nitrogens is 1. The number of esters is 1. The van der Waals surface area contributed by atoms with Gasteiger partial charge in [0.2, 0.25) is 0 Å². The van der Waals surface area contributed by atoms with Gasteiger partial charge in [-0.1, -0.05) is 69.4 Å². The summed E-state index contributed by atoms with van der Waals surface area (Å²) in [4.78, 5) is 11.7. The van der Waals surface area contributed by atoms with Crippen LogP contribution in [0.4, 0.5) is 0 Å². The van der Waals surface area contributed by atoms with Crippen molar-refractivity contribution in [1.29, 1.82) is 0 Å². The van der Waals surface area contributed by atoms with Gasteiger partial charge >= 0.3 is 5.97 Å². The Labute approximate surface area is 142 Å². The predicted molar refractivity (Wildman–Crippen MR) is 96.1 cm³/mol. The monoisotopic (exact) mass is 320 g/mol. The van der Waals surface area contributed by atoms with Crippen molar-refractivity contribution in [3.63, 3.8) is 0 Å². The van der Waals surface area contributed by atoms with Crippen molar-refractivity contribution >= 4 is 5.97 Å². The fourth-order valence-electron chi connectivity index (χ4n) is 2.69. The minimum atomic E-state index is -0.0415. The lowest BCUT2D eigenvalue weighted by molar-refractivity contribution is -0.903. The van der Waals surface area contributed by atoms with E-state index in [1.54, 1.807) is 0 Å². The largest absolute Gasteiger partial charge is 0.460 e. The van der Waals surface area contributed by atoms with Crippen molar-refractivity contribution in [3.05, 3.63) is 35.9 Å². The molecule has 1 aromatic carbocycles. The Morgan fingerprint density at radius 1 is 1.00 bits per heavy atom. The van der Waals surface area contributed by atoms with Gasteiger partial charge in [-0.3, -0.25) is 4.79 Å². The molecular formula is C20H34NO2+. The van der Waals surface area contributed by atoms with E-state index in [9.17, 15) is 4.79 Å². The zero-order valence-corrected chi connectivity index (χ0v) is 15.2. The third kappa shape index (κ3) is 10.1. The van der Waals surface area contributed by atoms with Crippen molar-refractivity contribution in [1.82, 2.24) is 0 Å². The van der Waals surface area contributed by atoms with Crippen LogP contribution in [0.25, 0.3) is 0 Å². The van der Waals surface area contributed by atoms with Gasteiger partial charge in [-0.05, 0) is 6.42 Å². The summed E-state index contributed by atoms with van der Waals surface area (Å²) in [7, 11) is 4.35. The molecule has 0 aliphatic rings. The lowest BCUT2D eigenvalue weighted by Crippen LogP contribution is -2.41. The highest BCUT2D eigenvalue weighted by Gasteiger charge is 2.16. The van der Waals surface area contributed by atoms with Gasteiger partial charge in [0.25, 0.3) is 0 Å². The Kier molecular flexibility index (Phi) is 9.61. The number of benzene rings is 1. The number of carbonyl (C=O) groups excluding carboxylic acids is 1. The molecule has 0 heterocycles. The van der Waals surface area contributed by atoms with Gasteiger partial charge in [0.15, 0.2) is 0 Å². The molecule has 0 radical (unpaired) electrons. The Bertz CT molecular complexity index is 429. The summed E-state index contributed by atoms with van der Waals surface area (Å²) in [5.74, 6) is -0.0415. The molecular weight excluding hydrogens is 286 g/mol. The number of nitrogens with zero attached hydrogens (tertiary/aromatic N) is 1. The summed E-state index contributed by atoms with van der Waals surface area (Å²) in [6, 6.07) is 10.5. The van der Waals surface area contributed by atoms with E-state index in [2.05, 4.69) is 45.3 Å². The smallest absolute Gasteiger partial charge is 0.305 e. The molecule has 0 N–H and O–H groups in total. The molecule has 0 atom stereocenters. The SMILES string of the molecule is CCCCCCCCC(=O)OCC[N+](C)(C)Cc1ccccc1. The van der Waals surface area contributed by atoms with Gasteiger partial charge in [-0.15, -0.1) is 0 Å². The molecule has 3 heteroatoms. The second-order valence-electron chi connectivity index (χ2n) is 7.04. The van der Waals surface area contributed by atoms with E-state index in [-0.39, 0.29) is 5.97 Å². The standard InChI is InChI=1S/C20H34NO2/c1-4-5-6-7-8-12-15-20(22)23-17-16-21(2,3)18-19-13-10-9-11-14-19/h9-11,13-14H,4-8,12,15-18H2,1-3H3/q+1. The average molecular weight is 320 g/mol. The molecule has 130 valence electrons. The minimum Gasteiger partial charge on any atom is -0.460 e. The number of hydrogen-bond acceptors (Lipinski definition) is 2. The van der Waals surface area contributed by atoms with E-state index in [0.717, 1.165) is 30.4 Å². The van der Waals surface area contributed by atoms with Crippen LogP contribution in [0.5, 0.6) is 0 Å². The predicted octanol–water partition coefficient (Wildman–Crippen LogP) is 4.56. The zero-order chi connectivity index (χ0) is 17.0. The fraction of sp³-hybridized carbons (Fsp3) is 0.650. The first-order chi connectivity index (χ1) is 11.0. The van der Waals surface area contributed by atoms with E-state index in [1.807, 2.05) is 6.07 Å². The molecule has 0 bridgehead atoms. The normalized spacial score (nSPS) is 11.4. The molecule has 0 aliphatic carbocycles. The average Bonchev–Trinajstić information content (AvgIpc) is 2.51. The molecule has 0 spiro atoms. The molecule has 0 aliphatic heterocycles. The highest BCUT2D eigenvalue weighted by Crippen LogP contribution is 2.10. The van der Waals surface area contributed by atoms with Crippen LogP contribution in [-0.4, -0.2) is 37.7 Å². The van der Waals surface area contributed by atoms with Crippen molar-refractivity contribution in [2.24, 2.45) is 0 Å². The molecule has 0 fully saturated rings. The molecule has 3 nitrogen and oxygen atoms in total. The van der Waals surface area contributed by atoms with E-state index in [4.69, 9.17) is 4.74 Å². The second kappa shape index (κ2) is 11.2. The summed E-state index contributed by atoms with van der Waals surface area (Å²) >= 11 is 0. The quantitative estimate of drug-likeness (QED) is 0.321. The number of likely N-dealkylation sites (N-methyl/N-ethyl adjacent to an activating group) is 1. The van der Waals surface area contributed by atoms with Crippen LogP contribution in [0.1, 0.15) is 57.4 Å². The highest BCUT2D eigenvalue weighted by atomic mass is 16.5. The van der Waals surface area contributed by atoms with Crippen molar-refractivity contribution in [3.8, 4) is 0 Å². The number of unbranched alkanes of at least 4 members (excludes halogenated alkanes) is 5. The molecule has 0 saturated carbocycles. The lowest BCUT2D eigenvalue weighted by atomic mass is 10.1. The van der Waals surface area contributed by atoms with Gasteiger partial charge in [-0.2, -0.15) is 0 Å². The van der Waals surface area contributed by atoms with Crippen LogP contribution in [0.15, 0.2) is 30.3 Å². The van der Waals surface area contributed by atoms with Gasteiger partial charge in [0, 0.05) is 12.0 Å². The molecule has 1 rings (SSSR count). The van der Waals surface area contributed by atoms with Gasteiger partial charge < -0.3 is 9.22 Å². The maximum absolute atomic E-state index is 11.7. The summed E-state index contributed by atoms with van der Waals surface area (Å²) in [5.41, 5.74) is 1.32. The van der Waals surface area contributed by atoms with Gasteiger partial charge in [0.1, 0.15) is 19.7 Å². The van der Waals surface area contributed by atoms with E-state index in [0.29, 0.717) is 13.0 Å². The van der Waals surface area contributed by atoms with Gasteiger partial charge in [0.05, 0.1) is 14.1 Å². The second-order valence-corrected chi connectivity index (χ2v) is 7.04. The Balaban J connectivity index is 2.11. The molecule has 1 aromatic rings. The van der Waals surface area contributed by atoms with Crippen LogP contribution in [0.2, 0.25) is 0 Å². The minimum absolute atomic E-state index is 0.0415. The van der Waals surface area contributed by atoms with Crippen LogP contribution >= 0.6 is 0 Å². The van der Waals surface area contributed by atoms with Crippen LogP contribution in [0, 0.1) is 0 Å². The Morgan fingerprint density at radius 3 is 2.35 bits per heavy atom. The van der Waals surface area contributed by atoms with Crippen LogP contribution in [0.3, 0.4) is 0 Å². The van der Waals surface area contributed by atoms with Crippen molar-refractivity contribution in [2.75, 3.05) is 27.2 Å². The number of ether oxygens (including phenoxy) is 1. The number of carbonyl (C=O) groups is 1. The van der Waals surface area contributed by atoms with Crippen LogP contribution < -0.4 is 0 Å².